The first kappa shape index (κ1) is 27.1. The van der Waals surface area contributed by atoms with Crippen molar-refractivity contribution in [2.24, 2.45) is 0 Å². The summed E-state index contributed by atoms with van der Waals surface area (Å²) in [6.45, 7) is 6.59. The summed E-state index contributed by atoms with van der Waals surface area (Å²) in [5, 5.41) is 16.9. The van der Waals surface area contributed by atoms with Crippen molar-refractivity contribution >= 4 is 28.9 Å². The van der Waals surface area contributed by atoms with Crippen LogP contribution in [-0.4, -0.2) is 16.7 Å². The number of nitrogens with one attached hydrogen (secondary N) is 2. The molecule has 0 fully saturated rings. The minimum atomic E-state index is -0.614. The van der Waals surface area contributed by atoms with E-state index in [9.17, 15) is 19.7 Å². The zero-order valence-electron chi connectivity index (χ0n) is 21.9. The van der Waals surface area contributed by atoms with Gasteiger partial charge >= 0.3 is 0 Å². The van der Waals surface area contributed by atoms with Crippen LogP contribution in [0.1, 0.15) is 52.6 Å². The molecule has 0 aromatic heterocycles. The molecule has 0 aliphatic carbocycles. The second-order valence-corrected chi connectivity index (χ2v) is 10.0. The molecule has 8 heteroatoms. The van der Waals surface area contributed by atoms with Crippen LogP contribution in [0.15, 0.2) is 97.1 Å². The topological polar surface area (TPSA) is 111 Å². The number of hydrogen-bond donors (Lipinski definition) is 2. The summed E-state index contributed by atoms with van der Waals surface area (Å²) in [6, 6.07) is 27.4. The van der Waals surface area contributed by atoms with Gasteiger partial charge in [0.15, 0.2) is 0 Å². The van der Waals surface area contributed by atoms with E-state index in [1.54, 1.807) is 36.4 Å². The molecule has 4 aromatic carbocycles. The van der Waals surface area contributed by atoms with E-state index < -0.39 is 16.7 Å². The molecular weight excluding hydrogens is 494 g/mol. The number of hydrogen-bond acceptors (Lipinski definition) is 5. The van der Waals surface area contributed by atoms with Gasteiger partial charge in [-0.05, 0) is 46.9 Å². The van der Waals surface area contributed by atoms with Crippen LogP contribution in [0.3, 0.4) is 0 Å². The number of rotatable bonds is 8. The number of carbonyl (C=O) groups is 2. The average molecular weight is 524 g/mol. The molecule has 0 saturated heterocycles. The molecule has 198 valence electrons. The van der Waals surface area contributed by atoms with Gasteiger partial charge in [0.05, 0.1) is 16.2 Å². The molecule has 0 saturated carbocycles. The number of nitro groups is 1. The van der Waals surface area contributed by atoms with E-state index >= 15 is 0 Å². The number of anilines is 2. The molecule has 2 N–H and O–H groups in total. The Morgan fingerprint density at radius 3 is 2.21 bits per heavy atom. The Morgan fingerprint density at radius 2 is 1.54 bits per heavy atom. The lowest BCUT2D eigenvalue weighted by Gasteiger charge is -2.19. The first-order chi connectivity index (χ1) is 18.6. The van der Waals surface area contributed by atoms with Crippen molar-refractivity contribution in [2.75, 3.05) is 10.6 Å². The van der Waals surface area contributed by atoms with Crippen molar-refractivity contribution in [2.45, 2.75) is 32.8 Å². The predicted molar refractivity (Wildman–Crippen MR) is 151 cm³/mol. The van der Waals surface area contributed by atoms with Crippen LogP contribution in [0, 0.1) is 10.1 Å². The van der Waals surface area contributed by atoms with E-state index in [1.807, 2.05) is 42.5 Å². The van der Waals surface area contributed by atoms with Gasteiger partial charge in [0.25, 0.3) is 17.5 Å². The van der Waals surface area contributed by atoms with Crippen LogP contribution in [0.5, 0.6) is 5.75 Å². The van der Waals surface area contributed by atoms with Crippen molar-refractivity contribution in [3.05, 3.63) is 129 Å². The number of nitro benzene ring substituents is 1. The first-order valence-corrected chi connectivity index (χ1v) is 12.4. The van der Waals surface area contributed by atoms with Crippen molar-refractivity contribution in [1.29, 1.82) is 0 Å². The molecule has 0 atom stereocenters. The van der Waals surface area contributed by atoms with Crippen LogP contribution in [0.25, 0.3) is 0 Å². The molecule has 4 rings (SSSR count). The number of amides is 2. The molecule has 0 spiro atoms. The fourth-order valence-corrected chi connectivity index (χ4v) is 3.86. The lowest BCUT2D eigenvalue weighted by Crippen LogP contribution is -2.19. The maximum atomic E-state index is 13.2. The number of ether oxygens (including phenoxy) is 1. The van der Waals surface area contributed by atoms with Gasteiger partial charge < -0.3 is 15.4 Å². The van der Waals surface area contributed by atoms with Crippen molar-refractivity contribution in [3.8, 4) is 5.75 Å². The lowest BCUT2D eigenvalue weighted by molar-refractivity contribution is -0.384. The summed E-state index contributed by atoms with van der Waals surface area (Å²) in [7, 11) is 0. The van der Waals surface area contributed by atoms with Crippen molar-refractivity contribution in [3.63, 3.8) is 0 Å². The fraction of sp³-hybridized carbons (Fsp3) is 0.161. The van der Waals surface area contributed by atoms with Crippen LogP contribution in [0.2, 0.25) is 0 Å². The Kier molecular flexibility index (Phi) is 8.05. The van der Waals surface area contributed by atoms with Gasteiger partial charge in [-0.1, -0.05) is 69.3 Å². The van der Waals surface area contributed by atoms with E-state index in [2.05, 4.69) is 31.4 Å². The second kappa shape index (κ2) is 11.6. The van der Waals surface area contributed by atoms with Gasteiger partial charge in [-0.25, -0.2) is 0 Å². The summed E-state index contributed by atoms with van der Waals surface area (Å²) in [5.41, 5.74) is 2.68. The Morgan fingerprint density at radius 1 is 0.821 bits per heavy atom. The highest BCUT2D eigenvalue weighted by Crippen LogP contribution is 2.26. The average Bonchev–Trinajstić information content (AvgIpc) is 2.92. The molecule has 0 heterocycles. The largest absolute Gasteiger partial charge is 0.489 e. The smallest absolute Gasteiger partial charge is 0.270 e. The fourth-order valence-electron chi connectivity index (χ4n) is 3.86. The van der Waals surface area contributed by atoms with E-state index in [1.165, 1.54) is 12.1 Å². The van der Waals surface area contributed by atoms with Crippen molar-refractivity contribution < 1.29 is 19.2 Å². The molecule has 8 nitrogen and oxygen atoms in total. The molecule has 39 heavy (non-hydrogen) atoms. The molecule has 0 aliphatic rings. The molecule has 2 amide bonds. The Labute approximate surface area is 226 Å². The summed E-state index contributed by atoms with van der Waals surface area (Å²) in [6.07, 6.45) is 0. The molecule has 0 bridgehead atoms. The van der Waals surface area contributed by atoms with Crippen LogP contribution >= 0.6 is 0 Å². The normalized spacial score (nSPS) is 10.9. The summed E-state index contributed by atoms with van der Waals surface area (Å²) >= 11 is 0. The summed E-state index contributed by atoms with van der Waals surface area (Å²) in [5.74, 6) is -0.505. The van der Waals surface area contributed by atoms with E-state index in [4.69, 9.17) is 4.74 Å². The highest BCUT2D eigenvalue weighted by atomic mass is 16.6. The zero-order chi connectivity index (χ0) is 28.0. The summed E-state index contributed by atoms with van der Waals surface area (Å²) < 4.78 is 5.83. The molecule has 0 aliphatic heterocycles. The van der Waals surface area contributed by atoms with Gasteiger partial charge in [-0.3, -0.25) is 19.7 Å². The standard InChI is InChI=1S/C31H29N3O5/c1-31(2,3)23-14-12-22(13-15-23)29(35)33-28-17-16-25(34(37)38)19-27(28)30(36)32-24-10-7-11-26(18-24)39-20-21-8-5-4-6-9-21/h4-19H,20H2,1-3H3,(H,32,36)(H,33,35). The third-order valence-corrected chi connectivity index (χ3v) is 6.06. The van der Waals surface area contributed by atoms with Gasteiger partial charge in [0.1, 0.15) is 12.4 Å². The van der Waals surface area contributed by atoms with E-state index in [-0.39, 0.29) is 22.4 Å². The van der Waals surface area contributed by atoms with E-state index in [0.29, 0.717) is 23.6 Å². The predicted octanol–water partition coefficient (Wildman–Crippen LogP) is 6.98. The summed E-state index contributed by atoms with van der Waals surface area (Å²) in [4.78, 5) is 37.0. The zero-order valence-corrected chi connectivity index (χ0v) is 21.9. The Bertz CT molecular complexity index is 1490. The number of benzene rings is 4. The minimum Gasteiger partial charge on any atom is -0.489 e. The van der Waals surface area contributed by atoms with Gasteiger partial charge in [0, 0.05) is 29.4 Å². The van der Waals surface area contributed by atoms with Gasteiger partial charge in [0.2, 0.25) is 0 Å². The first-order valence-electron chi connectivity index (χ1n) is 12.4. The molecular formula is C31H29N3O5. The highest BCUT2D eigenvalue weighted by molar-refractivity contribution is 6.13. The van der Waals surface area contributed by atoms with Crippen LogP contribution in [-0.2, 0) is 12.0 Å². The van der Waals surface area contributed by atoms with Gasteiger partial charge in [-0.2, -0.15) is 0 Å². The third-order valence-electron chi connectivity index (χ3n) is 6.06. The highest BCUT2D eigenvalue weighted by Gasteiger charge is 2.20. The van der Waals surface area contributed by atoms with Crippen LogP contribution in [0.4, 0.5) is 17.1 Å². The SMILES string of the molecule is CC(C)(C)c1ccc(C(=O)Nc2ccc([N+](=O)[O-])cc2C(=O)Nc2cccc(OCc3ccccc3)c2)cc1. The lowest BCUT2D eigenvalue weighted by atomic mass is 9.86. The molecule has 0 radical (unpaired) electrons. The van der Waals surface area contributed by atoms with Crippen molar-refractivity contribution in [1.82, 2.24) is 0 Å². The molecule has 0 unspecified atom stereocenters. The number of nitrogens with zero attached hydrogens (tertiary/aromatic N) is 1. The Balaban J connectivity index is 1.53. The third kappa shape index (κ3) is 7.07. The quantitative estimate of drug-likeness (QED) is 0.191. The number of carbonyl (C=O) groups excluding carboxylic acids is 2. The Hall–Kier alpha value is -4.98. The maximum Gasteiger partial charge on any atom is 0.270 e. The van der Waals surface area contributed by atoms with E-state index in [0.717, 1.165) is 17.2 Å². The van der Waals surface area contributed by atoms with Crippen LogP contribution < -0.4 is 15.4 Å². The minimum absolute atomic E-state index is 0.0422. The number of non-ortho nitro benzene ring substituents is 1. The monoisotopic (exact) mass is 523 g/mol. The maximum absolute atomic E-state index is 13.2. The van der Waals surface area contributed by atoms with Gasteiger partial charge in [-0.15, -0.1) is 0 Å². The second-order valence-electron chi connectivity index (χ2n) is 10.0. The molecule has 4 aromatic rings.